The van der Waals surface area contributed by atoms with E-state index in [4.69, 9.17) is 14.2 Å². The molecule has 0 aliphatic heterocycles. The number of hydrogen-bond acceptors (Lipinski definition) is 6. The lowest BCUT2D eigenvalue weighted by atomic mass is 10.0. The minimum atomic E-state index is -0.778. The third kappa shape index (κ3) is 57.5. The van der Waals surface area contributed by atoms with Crippen LogP contribution in [-0.4, -0.2) is 37.2 Å². The molecule has 0 N–H and O–H groups in total. The second-order valence-electron chi connectivity index (χ2n) is 20.2. The zero-order valence-electron chi connectivity index (χ0n) is 47.4. The van der Waals surface area contributed by atoms with Gasteiger partial charge in [0.05, 0.1) is 0 Å². The van der Waals surface area contributed by atoms with Gasteiger partial charge in [-0.25, -0.2) is 0 Å². The Kier molecular flexibility index (Phi) is 57.3. The quantitative estimate of drug-likeness (QED) is 0.0261. The smallest absolute Gasteiger partial charge is 0.306 e. The van der Waals surface area contributed by atoms with Crippen LogP contribution in [0.25, 0.3) is 0 Å². The molecule has 0 heterocycles. The van der Waals surface area contributed by atoms with E-state index in [0.29, 0.717) is 19.3 Å². The van der Waals surface area contributed by atoms with E-state index in [1.807, 2.05) is 0 Å². The first-order valence-electron chi connectivity index (χ1n) is 30.6. The average molecular weight is 1000 g/mol. The Balaban J connectivity index is 3.99. The van der Waals surface area contributed by atoms with Crippen LogP contribution in [0, 0.1) is 0 Å². The maximum Gasteiger partial charge on any atom is 0.306 e. The van der Waals surface area contributed by atoms with E-state index in [1.54, 1.807) is 0 Å². The molecule has 414 valence electrons. The molecule has 6 nitrogen and oxygen atoms in total. The predicted octanol–water partition coefficient (Wildman–Crippen LogP) is 20.7. The van der Waals surface area contributed by atoms with E-state index in [-0.39, 0.29) is 31.1 Å². The van der Waals surface area contributed by atoms with E-state index < -0.39 is 6.10 Å². The molecule has 1 atom stereocenters. The lowest BCUT2D eigenvalue weighted by molar-refractivity contribution is -0.167. The van der Waals surface area contributed by atoms with Gasteiger partial charge in [0.2, 0.25) is 0 Å². The number of unbranched alkanes of at least 4 members (excludes halogenated alkanes) is 30. The molecule has 0 fully saturated rings. The molecule has 0 aliphatic rings. The fraction of sp³-hybridized carbons (Fsp3) is 0.742. The Morgan fingerprint density at radius 1 is 0.292 bits per heavy atom. The fourth-order valence-electron chi connectivity index (χ4n) is 8.56. The third-order valence-electron chi connectivity index (χ3n) is 13.1. The largest absolute Gasteiger partial charge is 0.462 e. The number of carbonyl (C=O) groups is 3. The van der Waals surface area contributed by atoms with E-state index in [0.717, 1.165) is 116 Å². The molecule has 0 saturated heterocycles. The van der Waals surface area contributed by atoms with Crippen molar-refractivity contribution in [2.75, 3.05) is 13.2 Å². The SMILES string of the molecule is CC/C=C\C/C=C\C/C=C\C/C=C\C/C=C\CCCCCCCCCCCCCCCCCCCC(=O)OCC(COC(=O)CCCCCCCC)OC(=O)CCCCCCC/C=C\C/C=C\CCCCC. The van der Waals surface area contributed by atoms with Gasteiger partial charge in [-0.05, 0) is 96.3 Å². The topological polar surface area (TPSA) is 78.9 Å². The van der Waals surface area contributed by atoms with Crippen molar-refractivity contribution in [2.24, 2.45) is 0 Å². The normalized spacial score (nSPS) is 12.7. The summed E-state index contributed by atoms with van der Waals surface area (Å²) in [4.78, 5) is 37.9. The fourth-order valence-corrected chi connectivity index (χ4v) is 8.56. The van der Waals surface area contributed by atoms with Crippen LogP contribution in [-0.2, 0) is 28.6 Å². The Morgan fingerprint density at radius 3 is 0.875 bits per heavy atom. The van der Waals surface area contributed by atoms with Gasteiger partial charge < -0.3 is 14.2 Å². The standard InChI is InChI=1S/C66H114O6/c1-4-7-10-13-16-18-20-22-24-25-26-27-28-29-30-31-32-33-34-35-36-37-38-39-40-41-43-44-46-48-50-53-56-59-65(68)71-62-63(61-70-64(67)58-55-52-15-12-9-6-3)72-66(69)60-57-54-51-49-47-45-42-23-21-19-17-14-11-8-5-2/h7,10,16-19,22-24,26-27,29-30,42,63H,4-6,8-9,11-15,20-21,25,28,31-41,43-62H2,1-3H3/b10-7-,18-16-,19-17-,24-22-,27-26-,30-29-,42-23-. The molecule has 0 radical (unpaired) electrons. The molecular formula is C66H114O6. The van der Waals surface area contributed by atoms with E-state index >= 15 is 0 Å². The zero-order valence-corrected chi connectivity index (χ0v) is 47.4. The molecule has 72 heavy (non-hydrogen) atoms. The van der Waals surface area contributed by atoms with Gasteiger partial charge in [0, 0.05) is 19.3 Å². The van der Waals surface area contributed by atoms with Crippen LogP contribution in [0.5, 0.6) is 0 Å². The van der Waals surface area contributed by atoms with E-state index in [9.17, 15) is 14.4 Å². The van der Waals surface area contributed by atoms with Crippen molar-refractivity contribution in [2.45, 2.75) is 303 Å². The molecule has 0 aromatic rings. The van der Waals surface area contributed by atoms with Gasteiger partial charge in [0.15, 0.2) is 6.10 Å². The average Bonchev–Trinajstić information content (AvgIpc) is 3.38. The highest BCUT2D eigenvalue weighted by Gasteiger charge is 2.19. The van der Waals surface area contributed by atoms with Crippen molar-refractivity contribution in [3.63, 3.8) is 0 Å². The number of allylic oxidation sites excluding steroid dienone is 14. The zero-order chi connectivity index (χ0) is 52.2. The summed E-state index contributed by atoms with van der Waals surface area (Å²) in [6.07, 6.45) is 79.2. The monoisotopic (exact) mass is 1000 g/mol. The number of carbonyl (C=O) groups excluding carboxylic acids is 3. The number of hydrogen-bond donors (Lipinski definition) is 0. The first-order chi connectivity index (χ1) is 35.5. The molecule has 6 heteroatoms. The van der Waals surface area contributed by atoms with Crippen molar-refractivity contribution >= 4 is 17.9 Å². The maximum absolute atomic E-state index is 12.8. The Morgan fingerprint density at radius 2 is 0.542 bits per heavy atom. The molecule has 0 aromatic heterocycles. The van der Waals surface area contributed by atoms with Gasteiger partial charge in [-0.15, -0.1) is 0 Å². The highest BCUT2D eigenvalue weighted by molar-refractivity contribution is 5.71. The van der Waals surface area contributed by atoms with Crippen LogP contribution in [0.4, 0.5) is 0 Å². The lowest BCUT2D eigenvalue weighted by Crippen LogP contribution is -2.30. The summed E-state index contributed by atoms with van der Waals surface area (Å²) in [5.41, 5.74) is 0. The molecule has 0 amide bonds. The summed E-state index contributed by atoms with van der Waals surface area (Å²) >= 11 is 0. The number of rotatable bonds is 55. The second-order valence-corrected chi connectivity index (χ2v) is 20.2. The first kappa shape index (κ1) is 68.6. The Bertz CT molecular complexity index is 1380. The van der Waals surface area contributed by atoms with Crippen LogP contribution < -0.4 is 0 Å². The molecule has 0 aliphatic carbocycles. The molecule has 0 spiro atoms. The summed E-state index contributed by atoms with van der Waals surface area (Å²) in [7, 11) is 0. The van der Waals surface area contributed by atoms with Gasteiger partial charge in [-0.2, -0.15) is 0 Å². The third-order valence-corrected chi connectivity index (χ3v) is 13.1. The second kappa shape index (κ2) is 60.1. The molecule has 0 rings (SSSR count). The van der Waals surface area contributed by atoms with Crippen LogP contribution in [0.2, 0.25) is 0 Å². The molecule has 1 unspecified atom stereocenters. The molecule has 0 aromatic carbocycles. The van der Waals surface area contributed by atoms with E-state index in [1.165, 1.54) is 141 Å². The maximum atomic E-state index is 12.8. The van der Waals surface area contributed by atoms with Crippen molar-refractivity contribution in [1.82, 2.24) is 0 Å². The van der Waals surface area contributed by atoms with Gasteiger partial charge in [0.1, 0.15) is 13.2 Å². The molecule has 0 saturated carbocycles. The number of esters is 3. The van der Waals surface area contributed by atoms with Crippen molar-refractivity contribution in [3.8, 4) is 0 Å². The van der Waals surface area contributed by atoms with Gasteiger partial charge in [-0.1, -0.05) is 266 Å². The summed E-state index contributed by atoms with van der Waals surface area (Å²) in [5, 5.41) is 0. The summed E-state index contributed by atoms with van der Waals surface area (Å²) in [5.74, 6) is -0.894. The first-order valence-corrected chi connectivity index (χ1v) is 30.6. The van der Waals surface area contributed by atoms with Crippen molar-refractivity contribution in [3.05, 3.63) is 85.1 Å². The predicted molar refractivity (Wildman–Crippen MR) is 311 cm³/mol. The highest BCUT2D eigenvalue weighted by atomic mass is 16.6. The van der Waals surface area contributed by atoms with Gasteiger partial charge in [0.25, 0.3) is 0 Å². The van der Waals surface area contributed by atoms with Crippen LogP contribution in [0.3, 0.4) is 0 Å². The minimum Gasteiger partial charge on any atom is -0.462 e. The van der Waals surface area contributed by atoms with Crippen LogP contribution in [0.1, 0.15) is 297 Å². The van der Waals surface area contributed by atoms with Gasteiger partial charge >= 0.3 is 17.9 Å². The van der Waals surface area contributed by atoms with Crippen LogP contribution in [0.15, 0.2) is 85.1 Å². The highest BCUT2D eigenvalue weighted by Crippen LogP contribution is 2.16. The Labute approximate surface area is 445 Å². The van der Waals surface area contributed by atoms with Crippen LogP contribution >= 0.6 is 0 Å². The number of ether oxygens (including phenoxy) is 3. The summed E-state index contributed by atoms with van der Waals surface area (Å²) in [6, 6.07) is 0. The lowest BCUT2D eigenvalue weighted by Gasteiger charge is -2.18. The summed E-state index contributed by atoms with van der Waals surface area (Å²) in [6.45, 7) is 6.44. The molecule has 0 bridgehead atoms. The van der Waals surface area contributed by atoms with Crippen molar-refractivity contribution in [1.29, 1.82) is 0 Å². The molecular weight excluding hydrogens is 889 g/mol. The Hall–Kier alpha value is -3.41. The van der Waals surface area contributed by atoms with E-state index in [2.05, 4.69) is 106 Å². The van der Waals surface area contributed by atoms with Gasteiger partial charge in [-0.3, -0.25) is 14.4 Å². The minimum absolute atomic E-state index is 0.0789. The van der Waals surface area contributed by atoms with Crippen molar-refractivity contribution < 1.29 is 28.6 Å². The summed E-state index contributed by atoms with van der Waals surface area (Å²) < 4.78 is 16.8.